The van der Waals surface area contributed by atoms with Crippen molar-refractivity contribution in [1.29, 1.82) is 0 Å². The highest BCUT2D eigenvalue weighted by Crippen LogP contribution is 2.33. The Kier molecular flexibility index (Phi) is 4.12. The fraction of sp³-hybridized carbons (Fsp3) is 0.600. The van der Waals surface area contributed by atoms with E-state index in [1.165, 1.54) is 0 Å². The van der Waals surface area contributed by atoms with Crippen LogP contribution in [0.15, 0.2) is 23.1 Å². The zero-order valence-electron chi connectivity index (χ0n) is 12.6. The van der Waals surface area contributed by atoms with Crippen LogP contribution >= 0.6 is 0 Å². The van der Waals surface area contributed by atoms with Crippen LogP contribution in [-0.4, -0.2) is 25.3 Å². The zero-order valence-corrected chi connectivity index (χ0v) is 13.4. The minimum absolute atomic E-state index is 0.0110. The number of rotatable bonds is 2. The van der Waals surface area contributed by atoms with Gasteiger partial charge in [-0.25, -0.2) is 8.42 Å². The molecular formula is C15H24N2O2S. The summed E-state index contributed by atoms with van der Waals surface area (Å²) in [5, 5.41) is 0. The van der Waals surface area contributed by atoms with Crippen molar-refractivity contribution in [3.63, 3.8) is 0 Å². The van der Waals surface area contributed by atoms with Gasteiger partial charge in [-0.3, -0.25) is 0 Å². The van der Waals surface area contributed by atoms with Gasteiger partial charge in [0.15, 0.2) is 0 Å². The minimum atomic E-state index is -3.52. The first-order valence-electron chi connectivity index (χ1n) is 7.11. The molecule has 0 saturated carbocycles. The maximum atomic E-state index is 12.9. The summed E-state index contributed by atoms with van der Waals surface area (Å²) in [7, 11) is -3.52. The third kappa shape index (κ3) is 2.69. The molecule has 1 fully saturated rings. The molecule has 1 aliphatic rings. The Hall–Kier alpha value is -1.07. The summed E-state index contributed by atoms with van der Waals surface area (Å²) >= 11 is 0. The largest absolute Gasteiger partial charge is 0.398 e. The number of nitrogens with two attached hydrogens (primary N) is 1. The van der Waals surface area contributed by atoms with Crippen LogP contribution in [-0.2, 0) is 10.0 Å². The molecule has 2 N–H and O–H groups in total. The fourth-order valence-electron chi connectivity index (χ4n) is 3.01. The maximum Gasteiger partial charge on any atom is 0.245 e. The normalized spacial score (nSPS) is 28.5. The molecule has 0 spiro atoms. The quantitative estimate of drug-likeness (QED) is 0.853. The van der Waals surface area contributed by atoms with Crippen LogP contribution < -0.4 is 5.73 Å². The number of benzene rings is 1. The SMILES string of the molecule is Cc1ccc(S(=O)(=O)N2CC(C)CC(C)C2C)c(N)c1. The van der Waals surface area contributed by atoms with Crippen LogP contribution in [0.2, 0.25) is 0 Å². The highest BCUT2D eigenvalue weighted by atomic mass is 32.2. The second-order valence-corrected chi connectivity index (χ2v) is 8.03. The summed E-state index contributed by atoms with van der Waals surface area (Å²) in [5.74, 6) is 0.739. The average Bonchev–Trinajstić information content (AvgIpc) is 2.33. The van der Waals surface area contributed by atoms with Crippen molar-refractivity contribution in [2.45, 2.75) is 45.1 Å². The van der Waals surface area contributed by atoms with E-state index in [9.17, 15) is 8.42 Å². The molecule has 3 atom stereocenters. The molecule has 3 unspecified atom stereocenters. The van der Waals surface area contributed by atoms with Gasteiger partial charge in [0.25, 0.3) is 0 Å². The van der Waals surface area contributed by atoms with Crippen molar-refractivity contribution in [1.82, 2.24) is 4.31 Å². The summed E-state index contributed by atoms with van der Waals surface area (Å²) in [6, 6.07) is 5.15. The first-order chi connectivity index (χ1) is 9.23. The number of aryl methyl sites for hydroxylation is 1. The summed E-state index contributed by atoms with van der Waals surface area (Å²) in [5.41, 5.74) is 7.23. The Morgan fingerprint density at radius 3 is 2.50 bits per heavy atom. The number of nitrogens with zero attached hydrogens (tertiary/aromatic N) is 1. The predicted molar refractivity (Wildman–Crippen MR) is 81.9 cm³/mol. The standard InChI is InChI=1S/C15H24N2O2S/c1-10-5-6-15(14(16)8-10)20(18,19)17-9-11(2)7-12(3)13(17)4/h5-6,8,11-13H,7,9,16H2,1-4H3. The van der Waals surface area contributed by atoms with Gasteiger partial charge >= 0.3 is 0 Å². The Morgan fingerprint density at radius 1 is 1.25 bits per heavy atom. The van der Waals surface area contributed by atoms with Crippen LogP contribution in [0.3, 0.4) is 0 Å². The monoisotopic (exact) mass is 296 g/mol. The lowest BCUT2D eigenvalue weighted by Gasteiger charge is -2.40. The molecule has 1 aliphatic heterocycles. The van der Waals surface area contributed by atoms with Gasteiger partial charge in [0.2, 0.25) is 10.0 Å². The molecule has 0 bridgehead atoms. The third-order valence-electron chi connectivity index (χ3n) is 4.30. The van der Waals surface area contributed by atoms with Gasteiger partial charge in [0.1, 0.15) is 4.90 Å². The summed E-state index contributed by atoms with van der Waals surface area (Å²) in [6.07, 6.45) is 1.07. The molecule has 4 nitrogen and oxygen atoms in total. The van der Waals surface area contributed by atoms with Crippen molar-refractivity contribution in [3.8, 4) is 0 Å². The van der Waals surface area contributed by atoms with E-state index < -0.39 is 10.0 Å². The van der Waals surface area contributed by atoms with Crippen LogP contribution in [0.25, 0.3) is 0 Å². The van der Waals surface area contributed by atoms with Crippen molar-refractivity contribution < 1.29 is 8.42 Å². The van der Waals surface area contributed by atoms with Crippen LogP contribution in [0.4, 0.5) is 5.69 Å². The maximum absolute atomic E-state index is 12.9. The van der Waals surface area contributed by atoms with Crippen LogP contribution in [0.5, 0.6) is 0 Å². The van der Waals surface area contributed by atoms with Crippen LogP contribution in [0.1, 0.15) is 32.8 Å². The van der Waals surface area contributed by atoms with E-state index in [0.717, 1.165) is 12.0 Å². The lowest BCUT2D eigenvalue weighted by atomic mass is 9.88. The summed E-state index contributed by atoms with van der Waals surface area (Å²) in [6.45, 7) is 8.67. The summed E-state index contributed by atoms with van der Waals surface area (Å²) < 4.78 is 27.4. The Bertz CT molecular complexity index is 598. The van der Waals surface area contributed by atoms with Crippen LogP contribution in [0, 0.1) is 18.8 Å². The van der Waals surface area contributed by atoms with E-state index in [1.807, 2.05) is 13.8 Å². The Labute approximate surface area is 122 Å². The molecule has 112 valence electrons. The second kappa shape index (κ2) is 5.37. The highest BCUT2D eigenvalue weighted by molar-refractivity contribution is 7.89. The highest BCUT2D eigenvalue weighted by Gasteiger charge is 2.37. The van der Waals surface area contributed by atoms with E-state index in [4.69, 9.17) is 5.73 Å². The van der Waals surface area contributed by atoms with Gasteiger partial charge in [-0.05, 0) is 49.8 Å². The first-order valence-corrected chi connectivity index (χ1v) is 8.55. The van der Waals surface area contributed by atoms with E-state index in [1.54, 1.807) is 22.5 Å². The Balaban J connectivity index is 2.43. The van der Waals surface area contributed by atoms with Crippen molar-refractivity contribution >= 4 is 15.7 Å². The molecule has 5 heteroatoms. The van der Waals surface area contributed by atoms with Crippen molar-refractivity contribution in [3.05, 3.63) is 23.8 Å². The topological polar surface area (TPSA) is 63.4 Å². The van der Waals surface area contributed by atoms with E-state index in [-0.39, 0.29) is 10.9 Å². The molecule has 0 aliphatic carbocycles. The molecule has 2 rings (SSSR count). The number of hydrogen-bond donors (Lipinski definition) is 1. The van der Waals surface area contributed by atoms with E-state index in [2.05, 4.69) is 13.8 Å². The number of anilines is 1. The number of piperidine rings is 1. The molecular weight excluding hydrogens is 272 g/mol. The zero-order chi connectivity index (χ0) is 15.1. The van der Waals surface area contributed by atoms with Crippen molar-refractivity contribution in [2.24, 2.45) is 11.8 Å². The lowest BCUT2D eigenvalue weighted by Crippen LogP contribution is -2.48. The van der Waals surface area contributed by atoms with Gasteiger partial charge < -0.3 is 5.73 Å². The number of sulfonamides is 1. The molecule has 20 heavy (non-hydrogen) atoms. The molecule has 1 aromatic carbocycles. The molecule has 0 aromatic heterocycles. The summed E-state index contributed by atoms with van der Waals surface area (Å²) in [4.78, 5) is 0.233. The van der Waals surface area contributed by atoms with Gasteiger partial charge in [-0.2, -0.15) is 4.31 Å². The Morgan fingerprint density at radius 2 is 1.90 bits per heavy atom. The molecule has 0 radical (unpaired) electrons. The first kappa shape index (κ1) is 15.3. The van der Waals surface area contributed by atoms with E-state index >= 15 is 0 Å². The van der Waals surface area contributed by atoms with Gasteiger partial charge in [0, 0.05) is 12.6 Å². The number of hydrogen-bond acceptors (Lipinski definition) is 3. The van der Waals surface area contributed by atoms with Gasteiger partial charge in [-0.1, -0.05) is 19.9 Å². The molecule has 0 amide bonds. The van der Waals surface area contributed by atoms with Crippen molar-refractivity contribution in [2.75, 3.05) is 12.3 Å². The number of nitrogen functional groups attached to an aromatic ring is 1. The lowest BCUT2D eigenvalue weighted by molar-refractivity contribution is 0.157. The third-order valence-corrected chi connectivity index (χ3v) is 6.32. The minimum Gasteiger partial charge on any atom is -0.398 e. The molecule has 1 heterocycles. The predicted octanol–water partition coefficient (Wildman–Crippen LogP) is 2.63. The average molecular weight is 296 g/mol. The smallest absolute Gasteiger partial charge is 0.245 e. The van der Waals surface area contributed by atoms with E-state index in [0.29, 0.717) is 24.1 Å². The van der Waals surface area contributed by atoms with Gasteiger partial charge in [0.05, 0.1) is 5.69 Å². The van der Waals surface area contributed by atoms with Gasteiger partial charge in [-0.15, -0.1) is 0 Å². The molecule has 1 saturated heterocycles. The molecule has 1 aromatic rings. The second-order valence-electron chi connectivity index (χ2n) is 6.17. The fourth-order valence-corrected chi connectivity index (χ4v) is 4.96.